The summed E-state index contributed by atoms with van der Waals surface area (Å²) in [4.78, 5) is 16.0. The van der Waals surface area contributed by atoms with Crippen molar-refractivity contribution >= 4 is 22.9 Å². The summed E-state index contributed by atoms with van der Waals surface area (Å²) in [6.45, 7) is 4.17. The number of benzene rings is 1. The molecule has 5 heterocycles. The molecule has 1 atom stereocenters. The summed E-state index contributed by atoms with van der Waals surface area (Å²) < 4.78 is 13.2. The third kappa shape index (κ3) is 3.33. The lowest BCUT2D eigenvalue weighted by atomic mass is 9.91. The fourth-order valence-corrected chi connectivity index (χ4v) is 4.67. The lowest BCUT2D eigenvalue weighted by Gasteiger charge is -2.28. The van der Waals surface area contributed by atoms with Gasteiger partial charge in [0.2, 0.25) is 0 Å². The summed E-state index contributed by atoms with van der Waals surface area (Å²) in [5, 5.41) is 0. The number of oxazole rings is 1. The van der Waals surface area contributed by atoms with Gasteiger partial charge < -0.3 is 24.4 Å². The van der Waals surface area contributed by atoms with Gasteiger partial charge in [-0.25, -0.2) is 9.97 Å². The molecule has 1 saturated heterocycles. The number of nitrogens with two attached hydrogens (primary N) is 1. The van der Waals surface area contributed by atoms with E-state index in [1.165, 1.54) is 5.56 Å². The molecule has 0 spiro atoms. The van der Waals surface area contributed by atoms with Gasteiger partial charge in [-0.3, -0.25) is 0 Å². The first-order chi connectivity index (χ1) is 15.2. The Morgan fingerprint density at radius 1 is 1.03 bits per heavy atom. The van der Waals surface area contributed by atoms with Gasteiger partial charge in [-0.15, -0.1) is 0 Å². The summed E-state index contributed by atoms with van der Waals surface area (Å²) >= 11 is 0. The van der Waals surface area contributed by atoms with Gasteiger partial charge in [-0.2, -0.15) is 4.98 Å². The summed E-state index contributed by atoms with van der Waals surface area (Å²) in [6.07, 6.45) is 5.94. The van der Waals surface area contributed by atoms with Crippen molar-refractivity contribution in [3.8, 4) is 11.3 Å². The number of imidazole rings is 1. The Balaban J connectivity index is 1.27. The molecule has 1 fully saturated rings. The second-order valence-corrected chi connectivity index (χ2v) is 8.19. The van der Waals surface area contributed by atoms with Crippen LogP contribution in [-0.2, 0) is 17.7 Å². The fraction of sp³-hybridized carbons (Fsp3) is 0.348. The summed E-state index contributed by atoms with van der Waals surface area (Å²) in [5.41, 5.74) is 10.7. The average molecular weight is 416 g/mol. The molecule has 2 aliphatic heterocycles. The molecule has 0 radical (unpaired) electrons. The van der Waals surface area contributed by atoms with Gasteiger partial charge in [0.15, 0.2) is 5.58 Å². The molecule has 8 nitrogen and oxygen atoms in total. The zero-order chi connectivity index (χ0) is 20.8. The van der Waals surface area contributed by atoms with Crippen molar-refractivity contribution in [2.24, 2.45) is 0 Å². The lowest BCUT2D eigenvalue weighted by Crippen LogP contribution is -2.36. The van der Waals surface area contributed by atoms with E-state index in [0.717, 1.165) is 79.7 Å². The molecule has 6 rings (SSSR count). The van der Waals surface area contributed by atoms with Crippen LogP contribution in [0, 0.1) is 0 Å². The van der Waals surface area contributed by atoms with Crippen LogP contribution in [0.1, 0.15) is 23.7 Å². The van der Waals surface area contributed by atoms with Gasteiger partial charge in [0, 0.05) is 43.7 Å². The van der Waals surface area contributed by atoms with Crippen molar-refractivity contribution in [1.29, 1.82) is 0 Å². The number of pyridine rings is 1. The minimum Gasteiger partial charge on any atom is -0.424 e. The summed E-state index contributed by atoms with van der Waals surface area (Å²) in [6, 6.07) is 10.6. The molecule has 4 aromatic rings. The van der Waals surface area contributed by atoms with Crippen LogP contribution in [0.25, 0.3) is 22.4 Å². The monoisotopic (exact) mass is 416 g/mol. The van der Waals surface area contributed by atoms with Crippen molar-refractivity contribution in [1.82, 2.24) is 19.5 Å². The number of rotatable bonds is 3. The van der Waals surface area contributed by atoms with Gasteiger partial charge in [0.05, 0.1) is 25.1 Å². The van der Waals surface area contributed by atoms with Gasteiger partial charge in [-0.1, -0.05) is 6.07 Å². The van der Waals surface area contributed by atoms with Crippen LogP contribution >= 0.6 is 0 Å². The number of nitrogens with zero attached hydrogens (tertiary/aromatic N) is 5. The van der Waals surface area contributed by atoms with Crippen LogP contribution in [0.2, 0.25) is 0 Å². The van der Waals surface area contributed by atoms with Crippen LogP contribution < -0.4 is 10.6 Å². The molecular formula is C23H24N6O2. The summed E-state index contributed by atoms with van der Waals surface area (Å²) in [5.74, 6) is 2.53. The van der Waals surface area contributed by atoms with Crippen molar-refractivity contribution in [2.75, 3.05) is 36.9 Å². The molecule has 3 aromatic heterocycles. The molecule has 0 bridgehead atoms. The maximum Gasteiger partial charge on any atom is 0.292 e. The molecule has 2 aliphatic rings. The van der Waals surface area contributed by atoms with Crippen LogP contribution in [0.15, 0.2) is 47.1 Å². The van der Waals surface area contributed by atoms with Gasteiger partial charge in [0.25, 0.3) is 6.01 Å². The number of nitrogen functional groups attached to an aromatic ring is 1. The minimum absolute atomic E-state index is 0.211. The van der Waals surface area contributed by atoms with Crippen LogP contribution in [-0.4, -0.2) is 45.8 Å². The molecule has 2 N–H and O–H groups in total. The maximum absolute atomic E-state index is 5.71. The van der Waals surface area contributed by atoms with Gasteiger partial charge in [0.1, 0.15) is 17.2 Å². The van der Waals surface area contributed by atoms with E-state index in [-0.39, 0.29) is 6.01 Å². The molecule has 1 unspecified atom stereocenters. The second-order valence-electron chi connectivity index (χ2n) is 8.19. The van der Waals surface area contributed by atoms with E-state index in [0.29, 0.717) is 5.92 Å². The molecule has 8 heteroatoms. The molecule has 0 aliphatic carbocycles. The predicted molar refractivity (Wildman–Crippen MR) is 118 cm³/mol. The van der Waals surface area contributed by atoms with Gasteiger partial charge in [-0.05, 0) is 36.2 Å². The largest absolute Gasteiger partial charge is 0.424 e. The number of anilines is 2. The van der Waals surface area contributed by atoms with E-state index in [1.807, 2.05) is 18.5 Å². The van der Waals surface area contributed by atoms with Crippen LogP contribution in [0.3, 0.4) is 0 Å². The Morgan fingerprint density at radius 3 is 2.77 bits per heavy atom. The van der Waals surface area contributed by atoms with E-state index in [9.17, 15) is 0 Å². The molecule has 1 aromatic carbocycles. The third-order valence-electron chi connectivity index (χ3n) is 6.34. The van der Waals surface area contributed by atoms with Crippen molar-refractivity contribution in [2.45, 2.75) is 25.3 Å². The molecule has 0 saturated carbocycles. The van der Waals surface area contributed by atoms with Gasteiger partial charge >= 0.3 is 0 Å². The fourth-order valence-electron chi connectivity index (χ4n) is 4.67. The van der Waals surface area contributed by atoms with Crippen LogP contribution in [0.5, 0.6) is 0 Å². The molecule has 0 amide bonds. The van der Waals surface area contributed by atoms with E-state index in [4.69, 9.17) is 24.9 Å². The Hall–Kier alpha value is -3.39. The first kappa shape index (κ1) is 18.4. The minimum atomic E-state index is 0.211. The third-order valence-corrected chi connectivity index (χ3v) is 6.34. The normalized spacial score (nSPS) is 19.0. The van der Waals surface area contributed by atoms with E-state index in [1.54, 1.807) is 0 Å². The molecule has 158 valence electrons. The highest BCUT2D eigenvalue weighted by Gasteiger charge is 2.24. The topological polar surface area (TPSA) is 95.2 Å². The highest BCUT2D eigenvalue weighted by Crippen LogP contribution is 2.34. The number of morpholine rings is 1. The smallest absolute Gasteiger partial charge is 0.292 e. The summed E-state index contributed by atoms with van der Waals surface area (Å²) in [7, 11) is 0. The van der Waals surface area contributed by atoms with E-state index in [2.05, 4.69) is 38.7 Å². The van der Waals surface area contributed by atoms with E-state index >= 15 is 0 Å². The number of fused-ring (bicyclic) bond motifs is 2. The van der Waals surface area contributed by atoms with Crippen molar-refractivity contribution in [3.63, 3.8) is 0 Å². The van der Waals surface area contributed by atoms with Crippen molar-refractivity contribution < 1.29 is 9.15 Å². The SMILES string of the molecule is Nc1nc2cc(C3CCc4ncc(-c5ccc(N6CCOCC6)nc5)n4C3)ccc2o1. The molecule has 31 heavy (non-hydrogen) atoms. The Bertz CT molecular complexity index is 1220. The molecular weight excluding hydrogens is 392 g/mol. The van der Waals surface area contributed by atoms with Crippen LogP contribution in [0.4, 0.5) is 11.8 Å². The predicted octanol–water partition coefficient (Wildman–Crippen LogP) is 3.24. The number of aromatic nitrogens is 4. The Kier molecular flexibility index (Phi) is 4.38. The highest BCUT2D eigenvalue weighted by molar-refractivity contribution is 5.75. The highest BCUT2D eigenvalue weighted by atomic mass is 16.5. The first-order valence-electron chi connectivity index (χ1n) is 10.7. The first-order valence-corrected chi connectivity index (χ1v) is 10.7. The number of hydrogen-bond acceptors (Lipinski definition) is 7. The Morgan fingerprint density at radius 2 is 1.94 bits per heavy atom. The zero-order valence-electron chi connectivity index (χ0n) is 17.2. The number of ether oxygens (including phenoxy) is 1. The Labute approximate surface area is 179 Å². The van der Waals surface area contributed by atoms with E-state index < -0.39 is 0 Å². The quantitative estimate of drug-likeness (QED) is 0.548. The number of aryl methyl sites for hydroxylation is 1. The van der Waals surface area contributed by atoms with Crippen molar-refractivity contribution in [3.05, 3.63) is 54.1 Å². The maximum atomic E-state index is 5.71. The number of hydrogen-bond donors (Lipinski definition) is 1. The lowest BCUT2D eigenvalue weighted by molar-refractivity contribution is 0.122. The zero-order valence-corrected chi connectivity index (χ0v) is 17.2. The average Bonchev–Trinajstić information content (AvgIpc) is 3.41. The standard InChI is InChI=1S/C23H24N6O2/c24-23-27-18-11-15(1-4-20(18)31-23)17-3-6-22-26-13-19(29(22)14-17)16-2-5-21(25-12-16)28-7-9-30-10-8-28/h1-2,4-5,11-13,17H,3,6-10,14H2,(H2,24,27). The second kappa shape index (κ2) is 7.39.